The molecular formula is C11H15F2N3O. The van der Waals surface area contributed by atoms with Gasteiger partial charge in [-0.05, 0) is 19.1 Å². The molecule has 1 fully saturated rings. The standard InChI is InChI=1S/C11H15F2N3O/c1-8-7-16(5-4-14-8)10-3-2-9(6-15-10)17-11(12)13/h2-3,6,8,11,14H,4-5,7H2,1H3. The second kappa shape index (κ2) is 5.27. The number of anilines is 1. The summed E-state index contributed by atoms with van der Waals surface area (Å²) in [5.41, 5.74) is 0. The summed E-state index contributed by atoms with van der Waals surface area (Å²) in [6.07, 6.45) is 1.33. The Kier molecular flexibility index (Phi) is 3.73. The van der Waals surface area contributed by atoms with Crippen molar-refractivity contribution < 1.29 is 13.5 Å². The first kappa shape index (κ1) is 12.0. The first-order valence-electron chi connectivity index (χ1n) is 5.54. The van der Waals surface area contributed by atoms with Gasteiger partial charge in [0, 0.05) is 25.7 Å². The van der Waals surface area contributed by atoms with E-state index in [0.717, 1.165) is 25.5 Å². The van der Waals surface area contributed by atoms with Crippen molar-refractivity contribution in [1.29, 1.82) is 0 Å². The zero-order chi connectivity index (χ0) is 12.3. The molecule has 0 amide bonds. The Morgan fingerprint density at radius 2 is 2.35 bits per heavy atom. The van der Waals surface area contributed by atoms with Gasteiger partial charge in [0.2, 0.25) is 0 Å². The topological polar surface area (TPSA) is 37.4 Å². The van der Waals surface area contributed by atoms with Gasteiger partial charge in [-0.15, -0.1) is 0 Å². The number of nitrogens with zero attached hydrogens (tertiary/aromatic N) is 2. The van der Waals surface area contributed by atoms with E-state index in [1.165, 1.54) is 12.3 Å². The SMILES string of the molecule is CC1CN(c2ccc(OC(F)F)cn2)CCN1. The van der Waals surface area contributed by atoms with Crippen LogP contribution in [-0.4, -0.2) is 37.3 Å². The molecule has 1 aliphatic heterocycles. The average Bonchev–Trinajstić information content (AvgIpc) is 2.29. The fourth-order valence-corrected chi connectivity index (χ4v) is 1.87. The van der Waals surface area contributed by atoms with Crippen LogP contribution in [0.2, 0.25) is 0 Å². The minimum Gasteiger partial charge on any atom is -0.433 e. The van der Waals surface area contributed by atoms with Crippen LogP contribution in [-0.2, 0) is 0 Å². The highest BCUT2D eigenvalue weighted by atomic mass is 19.3. The first-order valence-corrected chi connectivity index (χ1v) is 5.54. The zero-order valence-electron chi connectivity index (χ0n) is 9.57. The van der Waals surface area contributed by atoms with Crippen LogP contribution >= 0.6 is 0 Å². The van der Waals surface area contributed by atoms with Crippen LogP contribution in [0.15, 0.2) is 18.3 Å². The van der Waals surface area contributed by atoms with Crippen LogP contribution in [0.3, 0.4) is 0 Å². The number of piperazine rings is 1. The van der Waals surface area contributed by atoms with Crippen LogP contribution in [0.1, 0.15) is 6.92 Å². The van der Waals surface area contributed by atoms with Crippen molar-refractivity contribution >= 4 is 5.82 Å². The molecule has 2 rings (SSSR count). The van der Waals surface area contributed by atoms with Gasteiger partial charge in [-0.3, -0.25) is 0 Å². The number of halogens is 2. The Balaban J connectivity index is 2.01. The lowest BCUT2D eigenvalue weighted by atomic mass is 10.2. The molecule has 4 nitrogen and oxygen atoms in total. The molecule has 1 unspecified atom stereocenters. The number of ether oxygens (including phenoxy) is 1. The van der Waals surface area contributed by atoms with E-state index in [9.17, 15) is 8.78 Å². The maximum absolute atomic E-state index is 12.0. The summed E-state index contributed by atoms with van der Waals surface area (Å²) >= 11 is 0. The summed E-state index contributed by atoms with van der Waals surface area (Å²) in [4.78, 5) is 6.25. The number of pyridine rings is 1. The Bertz CT molecular complexity index is 358. The number of alkyl halides is 2. The van der Waals surface area contributed by atoms with Crippen molar-refractivity contribution in [1.82, 2.24) is 10.3 Å². The molecule has 0 spiro atoms. The second-order valence-corrected chi connectivity index (χ2v) is 4.03. The molecule has 1 atom stereocenters. The number of hydrogen-bond acceptors (Lipinski definition) is 4. The lowest BCUT2D eigenvalue weighted by Gasteiger charge is -2.32. The minimum absolute atomic E-state index is 0.0898. The minimum atomic E-state index is -2.80. The predicted molar refractivity (Wildman–Crippen MR) is 60.5 cm³/mol. The molecule has 1 N–H and O–H groups in total. The van der Waals surface area contributed by atoms with Crippen molar-refractivity contribution in [2.75, 3.05) is 24.5 Å². The third-order valence-electron chi connectivity index (χ3n) is 2.64. The molecular weight excluding hydrogens is 228 g/mol. The highest BCUT2D eigenvalue weighted by molar-refractivity contribution is 5.41. The Morgan fingerprint density at radius 3 is 2.94 bits per heavy atom. The Morgan fingerprint density at radius 1 is 1.53 bits per heavy atom. The van der Waals surface area contributed by atoms with Crippen LogP contribution in [0.25, 0.3) is 0 Å². The van der Waals surface area contributed by atoms with E-state index in [2.05, 4.69) is 26.9 Å². The van der Waals surface area contributed by atoms with Gasteiger partial charge in [0.15, 0.2) is 0 Å². The highest BCUT2D eigenvalue weighted by Gasteiger charge is 2.16. The molecule has 1 saturated heterocycles. The van der Waals surface area contributed by atoms with E-state index in [-0.39, 0.29) is 5.75 Å². The second-order valence-electron chi connectivity index (χ2n) is 4.03. The highest BCUT2D eigenvalue weighted by Crippen LogP contribution is 2.18. The molecule has 1 aromatic heterocycles. The lowest BCUT2D eigenvalue weighted by molar-refractivity contribution is -0.0500. The van der Waals surface area contributed by atoms with Crippen LogP contribution in [0.4, 0.5) is 14.6 Å². The molecule has 1 aromatic rings. The summed E-state index contributed by atoms with van der Waals surface area (Å²) in [6, 6.07) is 3.62. The van der Waals surface area contributed by atoms with Crippen LogP contribution in [0.5, 0.6) is 5.75 Å². The van der Waals surface area contributed by atoms with Crippen molar-refractivity contribution in [3.8, 4) is 5.75 Å². The number of aromatic nitrogens is 1. The van der Waals surface area contributed by atoms with E-state index in [4.69, 9.17) is 0 Å². The smallest absolute Gasteiger partial charge is 0.387 e. The summed E-state index contributed by atoms with van der Waals surface area (Å²) < 4.78 is 28.2. The van der Waals surface area contributed by atoms with E-state index in [0.29, 0.717) is 6.04 Å². The molecule has 17 heavy (non-hydrogen) atoms. The van der Waals surface area contributed by atoms with Crippen LogP contribution < -0.4 is 15.0 Å². The van der Waals surface area contributed by atoms with E-state index >= 15 is 0 Å². The van der Waals surface area contributed by atoms with Gasteiger partial charge in [0.25, 0.3) is 0 Å². The monoisotopic (exact) mass is 243 g/mol. The third kappa shape index (κ3) is 3.26. The lowest BCUT2D eigenvalue weighted by Crippen LogP contribution is -2.49. The molecule has 1 aliphatic rings. The average molecular weight is 243 g/mol. The molecule has 0 aliphatic carbocycles. The molecule has 0 saturated carbocycles. The third-order valence-corrected chi connectivity index (χ3v) is 2.64. The summed E-state index contributed by atoms with van der Waals surface area (Å²) in [5.74, 6) is 0.881. The van der Waals surface area contributed by atoms with Gasteiger partial charge >= 0.3 is 6.61 Å². The Hall–Kier alpha value is -1.43. The molecule has 0 radical (unpaired) electrons. The molecule has 0 aromatic carbocycles. The van der Waals surface area contributed by atoms with Gasteiger partial charge in [-0.2, -0.15) is 8.78 Å². The van der Waals surface area contributed by atoms with E-state index in [1.54, 1.807) is 6.07 Å². The molecule has 2 heterocycles. The maximum Gasteiger partial charge on any atom is 0.387 e. The normalized spacial score (nSPS) is 20.7. The van der Waals surface area contributed by atoms with Gasteiger partial charge < -0.3 is 15.0 Å². The van der Waals surface area contributed by atoms with E-state index in [1.807, 2.05) is 0 Å². The van der Waals surface area contributed by atoms with Crippen molar-refractivity contribution in [3.05, 3.63) is 18.3 Å². The summed E-state index contributed by atoms with van der Waals surface area (Å²) in [7, 11) is 0. The van der Waals surface area contributed by atoms with Crippen molar-refractivity contribution in [3.63, 3.8) is 0 Å². The molecule has 0 bridgehead atoms. The predicted octanol–water partition coefficient (Wildman–Crippen LogP) is 1.48. The largest absolute Gasteiger partial charge is 0.433 e. The summed E-state index contributed by atoms with van der Waals surface area (Å²) in [6.45, 7) is 1.93. The van der Waals surface area contributed by atoms with Crippen LogP contribution in [0, 0.1) is 0 Å². The number of nitrogens with one attached hydrogen (secondary N) is 1. The van der Waals surface area contributed by atoms with Gasteiger partial charge in [-0.25, -0.2) is 4.98 Å². The van der Waals surface area contributed by atoms with Crippen molar-refractivity contribution in [2.24, 2.45) is 0 Å². The fraction of sp³-hybridized carbons (Fsp3) is 0.545. The maximum atomic E-state index is 12.0. The van der Waals surface area contributed by atoms with Crippen molar-refractivity contribution in [2.45, 2.75) is 19.6 Å². The Labute approximate surface area is 98.6 Å². The van der Waals surface area contributed by atoms with Gasteiger partial charge in [-0.1, -0.05) is 0 Å². The zero-order valence-corrected chi connectivity index (χ0v) is 9.57. The molecule has 6 heteroatoms. The number of rotatable bonds is 3. The first-order chi connectivity index (χ1) is 8.15. The van der Waals surface area contributed by atoms with Gasteiger partial charge in [0.1, 0.15) is 11.6 Å². The molecule has 94 valence electrons. The van der Waals surface area contributed by atoms with Gasteiger partial charge in [0.05, 0.1) is 6.20 Å². The quantitative estimate of drug-likeness (QED) is 0.872. The van der Waals surface area contributed by atoms with E-state index < -0.39 is 6.61 Å². The number of hydrogen-bond donors (Lipinski definition) is 1. The summed E-state index contributed by atoms with van der Waals surface area (Å²) in [5, 5.41) is 3.33. The fourth-order valence-electron chi connectivity index (χ4n) is 1.87.